The Labute approximate surface area is 132 Å². The van der Waals surface area contributed by atoms with E-state index in [1.807, 2.05) is 33.8 Å². The van der Waals surface area contributed by atoms with Crippen molar-refractivity contribution in [2.24, 2.45) is 0 Å². The molecule has 0 spiro atoms. The second kappa shape index (κ2) is 5.91. The van der Waals surface area contributed by atoms with Gasteiger partial charge in [0.25, 0.3) is 0 Å². The monoisotopic (exact) mass is 308 g/mol. The fraction of sp³-hybridized carbons (Fsp3) is 0.750. The van der Waals surface area contributed by atoms with Crippen LogP contribution in [-0.2, 0) is 11.2 Å². The molecule has 0 aliphatic carbocycles. The van der Waals surface area contributed by atoms with Crippen LogP contribution in [0.25, 0.3) is 0 Å². The third-order valence-electron chi connectivity index (χ3n) is 4.03. The van der Waals surface area contributed by atoms with Crippen LogP contribution >= 0.6 is 0 Å². The maximum atomic E-state index is 12.2. The molecule has 0 unspecified atom stereocenters. The molecule has 124 valence electrons. The van der Waals surface area contributed by atoms with Gasteiger partial charge < -0.3 is 15.4 Å². The number of hydrogen-bond acceptors (Lipinski definition) is 3. The van der Waals surface area contributed by atoms with Crippen LogP contribution in [-0.4, -0.2) is 39.5 Å². The van der Waals surface area contributed by atoms with E-state index in [4.69, 9.17) is 4.74 Å². The molecule has 1 saturated heterocycles. The minimum absolute atomic E-state index is 0.00216. The molecule has 1 aliphatic rings. The van der Waals surface area contributed by atoms with Crippen molar-refractivity contribution in [3.8, 4) is 0 Å². The second-order valence-corrected chi connectivity index (χ2v) is 7.49. The summed E-state index contributed by atoms with van der Waals surface area (Å²) in [7, 11) is 0. The Bertz CT molecular complexity index is 536. The highest BCUT2D eigenvalue weighted by atomic mass is 16.5. The topological polar surface area (TPSA) is 79.0 Å². The van der Waals surface area contributed by atoms with Crippen LogP contribution in [0.1, 0.15) is 52.4 Å². The largest absolute Gasteiger partial charge is 0.367 e. The number of aromatic nitrogens is 2. The first-order valence-corrected chi connectivity index (χ1v) is 7.85. The van der Waals surface area contributed by atoms with Gasteiger partial charge in [0, 0.05) is 18.2 Å². The van der Waals surface area contributed by atoms with Crippen LogP contribution < -0.4 is 10.6 Å². The lowest BCUT2D eigenvalue weighted by atomic mass is 9.94. The van der Waals surface area contributed by atoms with Crippen molar-refractivity contribution < 1.29 is 9.53 Å². The van der Waals surface area contributed by atoms with Crippen LogP contribution in [0, 0.1) is 6.92 Å². The average Bonchev–Trinajstić information content (AvgIpc) is 2.79. The second-order valence-electron chi connectivity index (χ2n) is 7.49. The summed E-state index contributed by atoms with van der Waals surface area (Å²) in [6, 6.07) is 1.86. The van der Waals surface area contributed by atoms with E-state index in [1.165, 1.54) is 0 Å². The van der Waals surface area contributed by atoms with E-state index in [1.54, 1.807) is 0 Å². The average molecular weight is 308 g/mol. The number of carbonyl (C=O) groups excluding carboxylic acids is 1. The first kappa shape index (κ1) is 16.8. The smallest absolute Gasteiger partial charge is 0.315 e. The van der Waals surface area contributed by atoms with Gasteiger partial charge in [-0.2, -0.15) is 5.10 Å². The number of amides is 2. The molecule has 2 rings (SSSR count). The molecule has 0 radical (unpaired) electrons. The van der Waals surface area contributed by atoms with Gasteiger partial charge in [0.2, 0.25) is 0 Å². The number of nitrogens with one attached hydrogen (secondary N) is 3. The zero-order chi connectivity index (χ0) is 16.5. The van der Waals surface area contributed by atoms with Crippen molar-refractivity contribution >= 4 is 6.03 Å². The van der Waals surface area contributed by atoms with Gasteiger partial charge in [-0.05, 0) is 54.0 Å². The van der Waals surface area contributed by atoms with E-state index in [0.29, 0.717) is 6.42 Å². The number of carbonyl (C=O) groups is 1. The van der Waals surface area contributed by atoms with E-state index in [0.717, 1.165) is 17.8 Å². The molecule has 1 aromatic rings. The highest BCUT2D eigenvalue weighted by Crippen LogP contribution is 2.37. The molecule has 2 heterocycles. The van der Waals surface area contributed by atoms with Crippen molar-refractivity contribution in [2.45, 2.75) is 77.7 Å². The number of aromatic amines is 1. The van der Waals surface area contributed by atoms with Crippen molar-refractivity contribution in [1.82, 2.24) is 20.8 Å². The molecule has 6 nitrogen and oxygen atoms in total. The molecular formula is C16H28N4O2. The number of ether oxygens (including phenoxy) is 1. The zero-order valence-corrected chi connectivity index (χ0v) is 14.4. The molecule has 22 heavy (non-hydrogen) atoms. The highest BCUT2D eigenvalue weighted by Gasteiger charge is 2.46. The molecule has 0 aromatic carbocycles. The molecule has 6 heteroatoms. The lowest BCUT2D eigenvalue weighted by molar-refractivity contribution is -0.0690. The zero-order valence-electron chi connectivity index (χ0n) is 14.4. The Hall–Kier alpha value is -1.56. The van der Waals surface area contributed by atoms with Gasteiger partial charge in [-0.15, -0.1) is 0 Å². The summed E-state index contributed by atoms with van der Waals surface area (Å²) in [6.07, 6.45) is 1.51. The number of rotatable bonds is 4. The molecule has 3 N–H and O–H groups in total. The molecule has 0 bridgehead atoms. The summed E-state index contributed by atoms with van der Waals surface area (Å²) in [4.78, 5) is 12.2. The summed E-state index contributed by atoms with van der Waals surface area (Å²) >= 11 is 0. The van der Waals surface area contributed by atoms with Gasteiger partial charge in [0.1, 0.15) is 0 Å². The number of H-pyrrole nitrogens is 1. The lowest BCUT2D eigenvalue weighted by Crippen LogP contribution is -2.51. The van der Waals surface area contributed by atoms with Gasteiger partial charge >= 0.3 is 6.03 Å². The number of nitrogens with zero attached hydrogens (tertiary/aromatic N) is 1. The predicted octanol–water partition coefficient (Wildman–Crippen LogP) is 2.29. The summed E-state index contributed by atoms with van der Waals surface area (Å²) in [5.41, 5.74) is 1.41. The molecule has 0 saturated carbocycles. The van der Waals surface area contributed by atoms with E-state index in [-0.39, 0.29) is 29.3 Å². The van der Waals surface area contributed by atoms with Gasteiger partial charge in [-0.1, -0.05) is 0 Å². The van der Waals surface area contributed by atoms with Crippen molar-refractivity contribution in [2.75, 3.05) is 0 Å². The van der Waals surface area contributed by atoms with Crippen molar-refractivity contribution in [1.29, 1.82) is 0 Å². The summed E-state index contributed by atoms with van der Waals surface area (Å²) in [5.74, 6) is 0. The van der Waals surface area contributed by atoms with Crippen LogP contribution in [0.3, 0.4) is 0 Å². The Balaban J connectivity index is 1.85. The van der Waals surface area contributed by atoms with Crippen LogP contribution in [0.4, 0.5) is 4.79 Å². The third-order valence-corrected chi connectivity index (χ3v) is 4.03. The third kappa shape index (κ3) is 4.22. The van der Waals surface area contributed by atoms with Gasteiger partial charge in [0.15, 0.2) is 0 Å². The Morgan fingerprint density at radius 1 is 1.50 bits per heavy atom. The molecule has 1 aliphatic heterocycles. The van der Waals surface area contributed by atoms with E-state index in [9.17, 15) is 4.79 Å². The van der Waals surface area contributed by atoms with Crippen LogP contribution in [0.2, 0.25) is 0 Å². The van der Waals surface area contributed by atoms with Crippen molar-refractivity contribution in [3.63, 3.8) is 0 Å². The summed E-state index contributed by atoms with van der Waals surface area (Å²) in [6.45, 7) is 12.1. The number of aryl methyl sites for hydroxylation is 1. The molecule has 2 atom stereocenters. The molecule has 2 amide bonds. The quantitative estimate of drug-likeness (QED) is 0.798. The first-order chi connectivity index (χ1) is 10.1. The van der Waals surface area contributed by atoms with Crippen LogP contribution in [0.5, 0.6) is 0 Å². The Kier molecular flexibility index (Phi) is 4.52. The summed E-state index contributed by atoms with van der Waals surface area (Å²) < 4.78 is 6.00. The van der Waals surface area contributed by atoms with Gasteiger partial charge in [-0.25, -0.2) is 4.79 Å². The molecule has 1 fully saturated rings. The van der Waals surface area contributed by atoms with Crippen LogP contribution in [0.15, 0.2) is 6.07 Å². The number of hydrogen-bond donors (Lipinski definition) is 3. The Morgan fingerprint density at radius 2 is 2.18 bits per heavy atom. The minimum atomic E-state index is -0.358. The highest BCUT2D eigenvalue weighted by molar-refractivity contribution is 5.74. The first-order valence-electron chi connectivity index (χ1n) is 7.85. The van der Waals surface area contributed by atoms with E-state index in [2.05, 4.69) is 34.7 Å². The molecule has 1 aromatic heterocycles. The summed E-state index contributed by atoms with van der Waals surface area (Å²) in [5, 5.41) is 13.1. The lowest BCUT2D eigenvalue weighted by Gasteiger charge is -2.28. The maximum Gasteiger partial charge on any atom is 0.315 e. The Morgan fingerprint density at radius 3 is 2.68 bits per heavy atom. The maximum absolute atomic E-state index is 12.2. The minimum Gasteiger partial charge on any atom is -0.367 e. The normalized spacial score (nSPS) is 24.0. The fourth-order valence-corrected chi connectivity index (χ4v) is 3.15. The standard InChI is InChI=1S/C16H28N4O2/c1-10(7-12-8-11(2)19-20-12)17-14(21)18-13-9-15(3,4)22-16(13,5)6/h8,10,13H,7,9H2,1-6H3,(H,19,20)(H2,17,18,21)/t10-,13+/m0/s1. The predicted molar refractivity (Wildman–Crippen MR) is 85.8 cm³/mol. The fourth-order valence-electron chi connectivity index (χ4n) is 3.15. The van der Waals surface area contributed by atoms with Gasteiger partial charge in [-0.3, -0.25) is 5.10 Å². The van der Waals surface area contributed by atoms with E-state index < -0.39 is 0 Å². The SMILES string of the molecule is Cc1cc(C[C@H](C)NC(=O)N[C@@H]2CC(C)(C)OC2(C)C)n[nH]1. The molecular weight excluding hydrogens is 280 g/mol. The number of urea groups is 1. The van der Waals surface area contributed by atoms with Gasteiger partial charge in [0.05, 0.1) is 22.9 Å². The van der Waals surface area contributed by atoms with Crippen molar-refractivity contribution in [3.05, 3.63) is 17.5 Å². The van der Waals surface area contributed by atoms with E-state index >= 15 is 0 Å².